The Bertz CT molecular complexity index is 1120. The van der Waals surface area contributed by atoms with Gasteiger partial charge in [0.2, 0.25) is 0 Å². The first-order valence-electron chi connectivity index (χ1n) is 13.4. The van der Waals surface area contributed by atoms with Gasteiger partial charge in [-0.05, 0) is 39.5 Å². The number of nitrogens with two attached hydrogens (primary N) is 2. The third-order valence-electron chi connectivity index (χ3n) is 6.24. The predicted octanol–water partition coefficient (Wildman–Crippen LogP) is 1.44. The number of hydrogen-bond acceptors (Lipinski definition) is 6. The summed E-state index contributed by atoms with van der Waals surface area (Å²) < 4.78 is 23.8. The van der Waals surface area contributed by atoms with Gasteiger partial charge in [0.05, 0.1) is 13.2 Å². The zero-order chi connectivity index (χ0) is 27.1. The Kier molecular flexibility index (Phi) is 11.7. The van der Waals surface area contributed by atoms with Gasteiger partial charge in [-0.1, -0.05) is 97.1 Å². The number of benzene rings is 4. The Morgan fingerprint density at radius 3 is 1.44 bits per heavy atom. The van der Waals surface area contributed by atoms with Crippen molar-refractivity contribution in [2.75, 3.05) is 39.5 Å². The van der Waals surface area contributed by atoms with Gasteiger partial charge in [0.25, 0.3) is 0 Å². The fourth-order valence-electron chi connectivity index (χ4n) is 4.33. The van der Waals surface area contributed by atoms with Crippen LogP contribution in [0.15, 0.2) is 109 Å². The van der Waals surface area contributed by atoms with Crippen LogP contribution in [0.4, 0.5) is 0 Å². The normalized spacial score (nSPS) is 10.8. The van der Waals surface area contributed by atoms with Crippen molar-refractivity contribution in [2.24, 2.45) is 11.5 Å². The number of rotatable bonds is 16. The van der Waals surface area contributed by atoms with Gasteiger partial charge in [-0.25, -0.2) is 0 Å². The van der Waals surface area contributed by atoms with Crippen LogP contribution >= 0.6 is 0 Å². The van der Waals surface area contributed by atoms with Crippen molar-refractivity contribution in [3.63, 3.8) is 0 Å². The van der Waals surface area contributed by atoms with Crippen molar-refractivity contribution in [3.05, 3.63) is 115 Å². The second kappa shape index (κ2) is 15.9. The van der Waals surface area contributed by atoms with Crippen LogP contribution in [0.5, 0.6) is 5.75 Å². The molecule has 0 aliphatic rings. The van der Waals surface area contributed by atoms with Crippen LogP contribution in [0, 0.1) is 0 Å². The Hall–Kier alpha value is -3.39. The summed E-state index contributed by atoms with van der Waals surface area (Å²) in [7, 11) is 0. The second-order valence-corrected chi connectivity index (χ2v) is 9.11. The van der Waals surface area contributed by atoms with Gasteiger partial charge in [-0.3, -0.25) is 0 Å². The Morgan fingerprint density at radius 1 is 0.487 bits per heavy atom. The smallest absolute Gasteiger partial charge is 0.361 e. The fourth-order valence-corrected chi connectivity index (χ4v) is 4.33. The molecular weight excluding hydrogens is 486 g/mol. The summed E-state index contributed by atoms with van der Waals surface area (Å²) >= 11 is 0. The van der Waals surface area contributed by atoms with Gasteiger partial charge in [0, 0.05) is 26.3 Å². The minimum Gasteiger partial charge on any atom is -0.491 e. The van der Waals surface area contributed by atoms with Crippen LogP contribution in [-0.2, 0) is 20.7 Å². The molecule has 0 atom stereocenters. The third kappa shape index (κ3) is 8.82. The predicted molar refractivity (Wildman–Crippen MR) is 161 cm³/mol. The van der Waals surface area contributed by atoms with Crippen molar-refractivity contribution < 1.29 is 18.8 Å². The fraction of sp³-hybridized carbons (Fsp3) is 0.226. The highest BCUT2D eigenvalue weighted by Crippen LogP contribution is 2.09. The maximum atomic E-state index is 6.03. The van der Waals surface area contributed by atoms with Crippen molar-refractivity contribution in [3.8, 4) is 5.75 Å². The molecule has 0 heterocycles. The molecule has 8 heteroatoms. The summed E-state index contributed by atoms with van der Waals surface area (Å²) in [5, 5.41) is 0. The van der Waals surface area contributed by atoms with Gasteiger partial charge in [-0.2, -0.15) is 0 Å². The SMILES string of the molecule is NCCOB(c1ccccc1)c1ccc(COCCOc2ccc(B(OCCN)c3ccccc3)cc2)cc1. The molecule has 0 aliphatic heterocycles. The molecule has 39 heavy (non-hydrogen) atoms. The average molecular weight is 522 g/mol. The highest BCUT2D eigenvalue weighted by molar-refractivity contribution is 6.80. The van der Waals surface area contributed by atoms with E-state index < -0.39 is 0 Å². The lowest BCUT2D eigenvalue weighted by atomic mass is 9.55. The Balaban J connectivity index is 1.24. The molecule has 4 rings (SSSR count). The van der Waals surface area contributed by atoms with E-state index in [0.717, 1.165) is 33.2 Å². The molecule has 200 valence electrons. The lowest BCUT2D eigenvalue weighted by Crippen LogP contribution is -2.45. The summed E-state index contributed by atoms with van der Waals surface area (Å²) in [6, 6.07) is 36.7. The van der Waals surface area contributed by atoms with E-state index in [1.807, 2.05) is 60.7 Å². The first-order chi connectivity index (χ1) is 19.3. The van der Waals surface area contributed by atoms with Crippen LogP contribution in [0.2, 0.25) is 0 Å². The van der Waals surface area contributed by atoms with Crippen molar-refractivity contribution in [1.29, 1.82) is 0 Å². The highest BCUT2D eigenvalue weighted by atomic mass is 16.5. The van der Waals surface area contributed by atoms with Gasteiger partial charge in [0.1, 0.15) is 12.4 Å². The summed E-state index contributed by atoms with van der Waals surface area (Å²) in [5.41, 5.74) is 16.8. The lowest BCUT2D eigenvalue weighted by molar-refractivity contribution is 0.0889. The van der Waals surface area contributed by atoms with Crippen molar-refractivity contribution in [2.45, 2.75) is 6.61 Å². The summed E-state index contributed by atoms with van der Waals surface area (Å²) in [5.74, 6) is 0.793. The Labute approximate surface area is 232 Å². The van der Waals surface area contributed by atoms with E-state index in [9.17, 15) is 0 Å². The maximum absolute atomic E-state index is 6.03. The molecule has 4 N–H and O–H groups in total. The van der Waals surface area contributed by atoms with E-state index in [1.54, 1.807) is 0 Å². The molecule has 0 saturated heterocycles. The molecule has 0 bridgehead atoms. The molecule has 6 nitrogen and oxygen atoms in total. The standard InChI is InChI=1S/C31H36B2N2O4/c34-19-21-38-32(27-7-3-1-4-8-27)29-13-11-26(12-14-29)25-36-23-24-37-31-17-15-30(16-18-31)33(39-22-20-35)28-9-5-2-6-10-28/h1-18H,19-25,34-35H2. The minimum absolute atomic E-state index is 0.139. The molecule has 0 aromatic heterocycles. The maximum Gasteiger partial charge on any atom is 0.361 e. The minimum atomic E-state index is -0.159. The first kappa shape index (κ1) is 28.6. The van der Waals surface area contributed by atoms with Crippen LogP contribution in [-0.4, -0.2) is 53.3 Å². The van der Waals surface area contributed by atoms with Gasteiger partial charge < -0.3 is 30.2 Å². The molecule has 0 fully saturated rings. The van der Waals surface area contributed by atoms with Crippen LogP contribution in [0.25, 0.3) is 0 Å². The third-order valence-corrected chi connectivity index (χ3v) is 6.24. The molecule has 0 spiro atoms. The highest BCUT2D eigenvalue weighted by Gasteiger charge is 2.22. The molecule has 0 radical (unpaired) electrons. The van der Waals surface area contributed by atoms with Crippen molar-refractivity contribution >= 4 is 35.7 Å². The van der Waals surface area contributed by atoms with Gasteiger partial charge in [-0.15, -0.1) is 0 Å². The molecular formula is C31H36B2N2O4. The molecule has 0 unspecified atom stereocenters. The quantitative estimate of drug-likeness (QED) is 0.171. The molecule has 0 amide bonds. The number of ether oxygens (including phenoxy) is 2. The summed E-state index contributed by atoms with van der Waals surface area (Å²) in [6.07, 6.45) is 0. The molecule has 0 aliphatic carbocycles. The van der Waals surface area contributed by atoms with E-state index in [-0.39, 0.29) is 13.8 Å². The van der Waals surface area contributed by atoms with Gasteiger partial charge in [0.15, 0.2) is 0 Å². The van der Waals surface area contributed by atoms with E-state index in [0.29, 0.717) is 46.1 Å². The summed E-state index contributed by atoms with van der Waals surface area (Å²) in [4.78, 5) is 0. The zero-order valence-electron chi connectivity index (χ0n) is 22.3. The van der Waals surface area contributed by atoms with Crippen LogP contribution < -0.4 is 38.1 Å². The van der Waals surface area contributed by atoms with Gasteiger partial charge >= 0.3 is 13.8 Å². The summed E-state index contributed by atoms with van der Waals surface area (Å²) in [6.45, 7) is 3.13. The van der Waals surface area contributed by atoms with E-state index >= 15 is 0 Å². The average Bonchev–Trinajstić information content (AvgIpc) is 3.00. The van der Waals surface area contributed by atoms with Crippen molar-refractivity contribution in [1.82, 2.24) is 0 Å². The van der Waals surface area contributed by atoms with Crippen LogP contribution in [0.3, 0.4) is 0 Å². The lowest BCUT2D eigenvalue weighted by Gasteiger charge is -2.16. The van der Waals surface area contributed by atoms with E-state index in [2.05, 4.69) is 48.5 Å². The topological polar surface area (TPSA) is 89.0 Å². The molecule has 4 aromatic rings. The molecule has 0 saturated carbocycles. The van der Waals surface area contributed by atoms with E-state index in [1.165, 1.54) is 0 Å². The van der Waals surface area contributed by atoms with E-state index in [4.69, 9.17) is 30.2 Å². The second-order valence-electron chi connectivity index (χ2n) is 9.11. The monoisotopic (exact) mass is 522 g/mol. The first-order valence-corrected chi connectivity index (χ1v) is 13.4. The Morgan fingerprint density at radius 2 is 0.949 bits per heavy atom. The largest absolute Gasteiger partial charge is 0.491 e. The molecule has 4 aromatic carbocycles. The number of hydrogen-bond donors (Lipinski definition) is 2. The zero-order valence-corrected chi connectivity index (χ0v) is 22.3. The van der Waals surface area contributed by atoms with Crippen LogP contribution in [0.1, 0.15) is 5.56 Å².